The Bertz CT molecular complexity index is 640. The Morgan fingerprint density at radius 3 is 3.00 bits per heavy atom. The van der Waals surface area contributed by atoms with Crippen molar-refractivity contribution in [1.29, 1.82) is 0 Å². The van der Waals surface area contributed by atoms with E-state index < -0.39 is 11.2 Å². The summed E-state index contributed by atoms with van der Waals surface area (Å²) in [6.07, 6.45) is 3.17. The second kappa shape index (κ2) is 5.16. The molecule has 1 aromatic heterocycles. The van der Waals surface area contributed by atoms with E-state index >= 15 is 0 Å². The molecule has 1 fully saturated rings. The molecule has 2 aliphatic rings. The van der Waals surface area contributed by atoms with Gasteiger partial charge in [-0.1, -0.05) is 6.92 Å². The zero-order valence-corrected chi connectivity index (χ0v) is 12.1. The van der Waals surface area contributed by atoms with Crippen molar-refractivity contribution in [1.82, 2.24) is 9.58 Å². The van der Waals surface area contributed by atoms with Gasteiger partial charge in [-0.2, -0.15) is 5.01 Å². The first-order valence-electron chi connectivity index (χ1n) is 7.16. The molecule has 21 heavy (non-hydrogen) atoms. The Balaban J connectivity index is 2.05. The number of anilines is 1. The van der Waals surface area contributed by atoms with Gasteiger partial charge in [0.25, 0.3) is 0 Å². The molecular weight excluding hydrogens is 274 g/mol. The monoisotopic (exact) mass is 293 g/mol. The first kappa shape index (κ1) is 14.1. The molecule has 3 rings (SSSR count). The van der Waals surface area contributed by atoms with E-state index in [-0.39, 0.29) is 17.6 Å². The number of Topliss-reactive ketones (excluding diaryl/α,β-unsaturated/α-hetero) is 1. The number of aromatic hydroxyl groups is 1. The van der Waals surface area contributed by atoms with Gasteiger partial charge in [-0.3, -0.25) is 15.0 Å². The van der Waals surface area contributed by atoms with E-state index in [1.54, 1.807) is 4.57 Å². The number of ether oxygens (including phenoxy) is 1. The predicted molar refractivity (Wildman–Crippen MR) is 76.3 cm³/mol. The van der Waals surface area contributed by atoms with Gasteiger partial charge in [0.1, 0.15) is 6.23 Å². The highest BCUT2D eigenvalue weighted by Gasteiger charge is 2.36. The lowest BCUT2D eigenvalue weighted by Crippen LogP contribution is -2.56. The first-order valence-corrected chi connectivity index (χ1v) is 7.16. The van der Waals surface area contributed by atoms with E-state index in [1.165, 1.54) is 13.1 Å². The molecule has 0 spiro atoms. The van der Waals surface area contributed by atoms with Crippen molar-refractivity contribution in [2.75, 3.05) is 12.0 Å². The van der Waals surface area contributed by atoms with Crippen molar-refractivity contribution in [3.8, 4) is 5.75 Å². The molecule has 1 unspecified atom stereocenters. The summed E-state index contributed by atoms with van der Waals surface area (Å²) in [5.41, 5.74) is 2.45. The van der Waals surface area contributed by atoms with Gasteiger partial charge in [-0.05, 0) is 19.8 Å². The van der Waals surface area contributed by atoms with Crippen LogP contribution in [0.2, 0.25) is 0 Å². The number of hydrogen-bond donors (Lipinski definition) is 2. The maximum Gasteiger partial charge on any atom is 0.236 e. The van der Waals surface area contributed by atoms with Crippen molar-refractivity contribution in [2.24, 2.45) is 0 Å². The Morgan fingerprint density at radius 2 is 2.33 bits per heavy atom. The third-order valence-electron chi connectivity index (χ3n) is 4.16. The number of hydrogen-bond acceptors (Lipinski definition) is 6. The summed E-state index contributed by atoms with van der Waals surface area (Å²) in [6.45, 7) is 4.56. The van der Waals surface area contributed by atoms with Gasteiger partial charge in [0.2, 0.25) is 11.2 Å². The molecule has 0 aromatic carbocycles. The summed E-state index contributed by atoms with van der Waals surface area (Å²) < 4.78 is 7.41. The van der Waals surface area contributed by atoms with Crippen LogP contribution in [-0.4, -0.2) is 39.3 Å². The van der Waals surface area contributed by atoms with Gasteiger partial charge in [-0.15, -0.1) is 0 Å². The van der Waals surface area contributed by atoms with Crippen LogP contribution < -0.4 is 10.9 Å². The summed E-state index contributed by atoms with van der Waals surface area (Å²) in [5.74, 6) is -0.448. The van der Waals surface area contributed by atoms with Gasteiger partial charge < -0.3 is 14.4 Å². The Hall–Kier alpha value is -1.86. The lowest BCUT2D eigenvalue weighted by Gasteiger charge is -2.45. The number of rotatable bonds is 2. The normalized spacial score (nSPS) is 24.9. The van der Waals surface area contributed by atoms with Gasteiger partial charge in [0.15, 0.2) is 11.6 Å². The maximum absolute atomic E-state index is 12.0. The second-order valence-electron chi connectivity index (χ2n) is 5.47. The van der Waals surface area contributed by atoms with E-state index in [9.17, 15) is 14.7 Å². The van der Waals surface area contributed by atoms with Gasteiger partial charge >= 0.3 is 0 Å². The van der Waals surface area contributed by atoms with E-state index in [2.05, 4.69) is 12.3 Å². The van der Waals surface area contributed by atoms with Crippen molar-refractivity contribution in [2.45, 2.75) is 45.5 Å². The average Bonchev–Trinajstić information content (AvgIpc) is 2.48. The van der Waals surface area contributed by atoms with Crippen LogP contribution in [0.3, 0.4) is 0 Å². The standard InChI is InChI=1S/C14H19N3O4/c1-3-9-4-5-21-11-7-16-6-10(8(2)18)12(19)13(20)14(16)15-17(9)11/h6,9,11,15,20H,3-5,7H2,1-2H3/t9-,11?/m1/s1. The Kier molecular flexibility index (Phi) is 3.46. The van der Waals surface area contributed by atoms with E-state index in [4.69, 9.17) is 4.74 Å². The molecule has 7 nitrogen and oxygen atoms in total. The fraction of sp³-hybridized carbons (Fsp3) is 0.571. The van der Waals surface area contributed by atoms with Crippen molar-refractivity contribution in [3.63, 3.8) is 0 Å². The number of pyridine rings is 1. The number of ketones is 1. The summed E-state index contributed by atoms with van der Waals surface area (Å²) in [4.78, 5) is 23.5. The molecule has 1 saturated heterocycles. The largest absolute Gasteiger partial charge is 0.502 e. The van der Waals surface area contributed by atoms with Gasteiger partial charge in [0, 0.05) is 12.2 Å². The first-order chi connectivity index (χ1) is 10.0. The minimum atomic E-state index is -0.634. The molecule has 2 atom stereocenters. The molecule has 114 valence electrons. The molecule has 0 saturated carbocycles. The van der Waals surface area contributed by atoms with Crippen LogP contribution in [-0.2, 0) is 11.3 Å². The van der Waals surface area contributed by atoms with E-state index in [0.717, 1.165) is 12.8 Å². The predicted octanol–water partition coefficient (Wildman–Crippen LogP) is 0.924. The number of carbonyl (C=O) groups is 1. The molecule has 0 amide bonds. The van der Waals surface area contributed by atoms with Crippen LogP contribution in [0.1, 0.15) is 37.0 Å². The second-order valence-corrected chi connectivity index (χ2v) is 5.47. The third kappa shape index (κ3) is 2.22. The number of nitrogens with one attached hydrogen (secondary N) is 1. The number of hydrazine groups is 1. The summed E-state index contributed by atoms with van der Waals surface area (Å²) in [5, 5.41) is 12.1. The van der Waals surface area contributed by atoms with Crippen LogP contribution >= 0.6 is 0 Å². The smallest absolute Gasteiger partial charge is 0.236 e. The van der Waals surface area contributed by atoms with Gasteiger partial charge in [0.05, 0.1) is 18.7 Å². The minimum Gasteiger partial charge on any atom is -0.502 e. The van der Waals surface area contributed by atoms with Crippen LogP contribution in [0.5, 0.6) is 5.75 Å². The minimum absolute atomic E-state index is 0.00523. The number of aromatic nitrogens is 1. The van der Waals surface area contributed by atoms with Gasteiger partial charge in [-0.25, -0.2) is 0 Å². The molecule has 0 aliphatic carbocycles. The van der Waals surface area contributed by atoms with Crippen LogP contribution in [0.4, 0.5) is 5.82 Å². The quantitative estimate of drug-likeness (QED) is 0.789. The van der Waals surface area contributed by atoms with Crippen LogP contribution in [0.15, 0.2) is 11.0 Å². The fourth-order valence-electron chi connectivity index (χ4n) is 2.95. The average molecular weight is 293 g/mol. The maximum atomic E-state index is 12.0. The topological polar surface area (TPSA) is 83.8 Å². The highest BCUT2D eigenvalue weighted by Crippen LogP contribution is 2.31. The third-order valence-corrected chi connectivity index (χ3v) is 4.16. The molecule has 2 N–H and O–H groups in total. The lowest BCUT2D eigenvalue weighted by atomic mass is 10.1. The Morgan fingerprint density at radius 1 is 1.57 bits per heavy atom. The summed E-state index contributed by atoms with van der Waals surface area (Å²) >= 11 is 0. The molecule has 0 radical (unpaired) electrons. The van der Waals surface area contributed by atoms with Crippen LogP contribution in [0.25, 0.3) is 0 Å². The van der Waals surface area contributed by atoms with Crippen LogP contribution in [0, 0.1) is 0 Å². The van der Waals surface area contributed by atoms with Crippen molar-refractivity contribution < 1.29 is 14.6 Å². The van der Waals surface area contributed by atoms with Crippen molar-refractivity contribution >= 4 is 11.6 Å². The molecular formula is C14H19N3O4. The molecule has 0 bridgehead atoms. The zero-order chi connectivity index (χ0) is 15.1. The number of carbonyl (C=O) groups excluding carboxylic acids is 1. The lowest BCUT2D eigenvalue weighted by molar-refractivity contribution is -0.125. The fourth-order valence-corrected chi connectivity index (χ4v) is 2.95. The molecule has 3 heterocycles. The SMILES string of the molecule is CC[C@@H]1CCOC2Cn3cc(C(C)=O)c(=O)c(O)c3NN21. The molecule has 1 aromatic rings. The Labute approximate surface area is 122 Å². The highest BCUT2D eigenvalue weighted by molar-refractivity contribution is 5.94. The van der Waals surface area contributed by atoms with E-state index in [0.29, 0.717) is 25.0 Å². The molecule has 2 aliphatic heterocycles. The zero-order valence-electron chi connectivity index (χ0n) is 12.1. The molecule has 7 heteroatoms. The van der Waals surface area contributed by atoms with E-state index in [1.807, 2.05) is 5.01 Å². The number of fused-ring (bicyclic) bond motifs is 2. The summed E-state index contributed by atoms with van der Waals surface area (Å²) in [7, 11) is 0. The highest BCUT2D eigenvalue weighted by atomic mass is 16.5. The number of nitrogens with zero attached hydrogens (tertiary/aromatic N) is 2. The van der Waals surface area contributed by atoms with Crippen molar-refractivity contribution in [3.05, 3.63) is 22.0 Å². The summed E-state index contributed by atoms with van der Waals surface area (Å²) in [6, 6.07) is 0.291.